The summed E-state index contributed by atoms with van der Waals surface area (Å²) in [5, 5.41) is 8.96. The fourth-order valence-electron chi connectivity index (χ4n) is 1.17. The fraction of sp³-hybridized carbons (Fsp3) is 0.800. The maximum atomic E-state index is 5.45. The van der Waals surface area contributed by atoms with Gasteiger partial charge >= 0.3 is 0 Å². The van der Waals surface area contributed by atoms with Crippen LogP contribution in [-0.2, 0) is 16.5 Å². The van der Waals surface area contributed by atoms with Crippen molar-refractivity contribution in [2.45, 2.75) is 32.2 Å². The van der Waals surface area contributed by atoms with Gasteiger partial charge in [-0.05, 0) is 20.8 Å². The van der Waals surface area contributed by atoms with E-state index >= 15 is 0 Å². The highest BCUT2D eigenvalue weighted by atomic mass is 32.2. The molecule has 0 atom stereocenters. The molecule has 0 bridgehead atoms. The van der Waals surface area contributed by atoms with Gasteiger partial charge in [0.2, 0.25) is 0 Å². The van der Waals surface area contributed by atoms with Gasteiger partial charge in [-0.1, -0.05) is 11.8 Å². The SMILES string of the molecule is CCOC(CSc1nnc(C)n1C)OCC. The average Bonchev–Trinajstić information content (AvgIpc) is 2.58. The summed E-state index contributed by atoms with van der Waals surface area (Å²) < 4.78 is 12.9. The normalized spacial score (nSPS) is 11.3. The molecule has 1 aromatic heterocycles. The minimum atomic E-state index is -0.169. The van der Waals surface area contributed by atoms with E-state index in [1.165, 1.54) is 0 Å². The van der Waals surface area contributed by atoms with Gasteiger partial charge in [0.15, 0.2) is 11.4 Å². The second-order valence-corrected chi connectivity index (χ2v) is 4.23. The monoisotopic (exact) mass is 245 g/mol. The molecule has 0 aromatic carbocycles. The summed E-state index contributed by atoms with van der Waals surface area (Å²) in [4.78, 5) is 0. The Morgan fingerprint density at radius 1 is 1.25 bits per heavy atom. The number of thioether (sulfide) groups is 1. The van der Waals surface area contributed by atoms with Crippen molar-refractivity contribution in [2.75, 3.05) is 19.0 Å². The van der Waals surface area contributed by atoms with Crippen LogP contribution in [0.1, 0.15) is 19.7 Å². The lowest BCUT2D eigenvalue weighted by Crippen LogP contribution is -2.20. The van der Waals surface area contributed by atoms with Crippen LogP contribution >= 0.6 is 11.8 Å². The Kier molecular flexibility index (Phi) is 5.79. The van der Waals surface area contributed by atoms with Gasteiger partial charge in [-0.25, -0.2) is 0 Å². The first-order chi connectivity index (χ1) is 7.69. The number of nitrogens with zero attached hydrogens (tertiary/aromatic N) is 3. The quantitative estimate of drug-likeness (QED) is 0.539. The van der Waals surface area contributed by atoms with E-state index in [2.05, 4.69) is 10.2 Å². The first-order valence-corrected chi connectivity index (χ1v) is 6.39. The second-order valence-electron chi connectivity index (χ2n) is 3.24. The number of hydrogen-bond acceptors (Lipinski definition) is 5. The topological polar surface area (TPSA) is 49.2 Å². The van der Waals surface area contributed by atoms with E-state index < -0.39 is 0 Å². The standard InChI is InChI=1S/C10H19N3O2S/c1-5-14-9(15-6-2)7-16-10-12-11-8(3)13(10)4/h9H,5-7H2,1-4H3. The highest BCUT2D eigenvalue weighted by molar-refractivity contribution is 7.99. The zero-order chi connectivity index (χ0) is 12.0. The predicted octanol–water partition coefficient (Wildman–Crippen LogP) is 1.61. The van der Waals surface area contributed by atoms with Crippen LogP contribution in [0, 0.1) is 6.92 Å². The largest absolute Gasteiger partial charge is 0.352 e. The molecular formula is C10H19N3O2S. The van der Waals surface area contributed by atoms with Crippen LogP contribution in [0.4, 0.5) is 0 Å². The van der Waals surface area contributed by atoms with Crippen molar-refractivity contribution in [1.82, 2.24) is 14.8 Å². The van der Waals surface area contributed by atoms with Gasteiger partial charge in [-0.2, -0.15) is 0 Å². The summed E-state index contributed by atoms with van der Waals surface area (Å²) in [7, 11) is 1.95. The number of aromatic nitrogens is 3. The van der Waals surface area contributed by atoms with E-state index in [9.17, 15) is 0 Å². The molecule has 0 aliphatic carbocycles. The van der Waals surface area contributed by atoms with Crippen molar-refractivity contribution in [3.8, 4) is 0 Å². The van der Waals surface area contributed by atoms with Crippen LogP contribution in [0.5, 0.6) is 0 Å². The molecule has 0 aliphatic heterocycles. The molecule has 0 amide bonds. The van der Waals surface area contributed by atoms with Crippen molar-refractivity contribution in [2.24, 2.45) is 7.05 Å². The summed E-state index contributed by atoms with van der Waals surface area (Å²) >= 11 is 1.60. The van der Waals surface area contributed by atoms with Crippen molar-refractivity contribution >= 4 is 11.8 Å². The molecule has 1 aromatic rings. The molecular weight excluding hydrogens is 226 g/mol. The predicted molar refractivity (Wildman–Crippen MR) is 63.5 cm³/mol. The summed E-state index contributed by atoms with van der Waals surface area (Å²) in [6, 6.07) is 0. The highest BCUT2D eigenvalue weighted by Crippen LogP contribution is 2.17. The summed E-state index contributed by atoms with van der Waals surface area (Å²) in [6.07, 6.45) is -0.169. The maximum absolute atomic E-state index is 5.45. The number of rotatable bonds is 7. The summed E-state index contributed by atoms with van der Waals surface area (Å²) in [6.45, 7) is 7.16. The van der Waals surface area contributed by atoms with Crippen LogP contribution in [-0.4, -0.2) is 40.0 Å². The van der Waals surface area contributed by atoms with E-state index in [4.69, 9.17) is 9.47 Å². The lowest BCUT2D eigenvalue weighted by atomic mass is 10.7. The van der Waals surface area contributed by atoms with Crippen LogP contribution in [0.2, 0.25) is 0 Å². The molecule has 0 saturated heterocycles. The maximum Gasteiger partial charge on any atom is 0.191 e. The van der Waals surface area contributed by atoms with E-state index in [0.29, 0.717) is 13.2 Å². The first-order valence-electron chi connectivity index (χ1n) is 5.41. The molecule has 0 saturated carbocycles. The van der Waals surface area contributed by atoms with Gasteiger partial charge in [0.25, 0.3) is 0 Å². The average molecular weight is 245 g/mol. The molecule has 0 fully saturated rings. The molecule has 0 N–H and O–H groups in total. The molecule has 16 heavy (non-hydrogen) atoms. The van der Waals surface area contributed by atoms with Gasteiger partial charge < -0.3 is 14.0 Å². The van der Waals surface area contributed by atoms with Crippen LogP contribution in [0.3, 0.4) is 0 Å². The van der Waals surface area contributed by atoms with E-state index in [1.807, 2.05) is 32.4 Å². The van der Waals surface area contributed by atoms with Gasteiger partial charge in [-0.3, -0.25) is 0 Å². The van der Waals surface area contributed by atoms with E-state index in [1.54, 1.807) is 11.8 Å². The van der Waals surface area contributed by atoms with Gasteiger partial charge in [0.05, 0.1) is 5.75 Å². The molecule has 0 unspecified atom stereocenters. The first kappa shape index (κ1) is 13.5. The van der Waals surface area contributed by atoms with Crippen molar-refractivity contribution in [3.05, 3.63) is 5.82 Å². The zero-order valence-corrected chi connectivity index (χ0v) is 11.1. The summed E-state index contributed by atoms with van der Waals surface area (Å²) in [5.74, 6) is 1.64. The Morgan fingerprint density at radius 2 is 1.88 bits per heavy atom. The van der Waals surface area contributed by atoms with Crippen molar-refractivity contribution < 1.29 is 9.47 Å². The van der Waals surface area contributed by atoms with Crippen LogP contribution in [0.15, 0.2) is 5.16 Å². The smallest absolute Gasteiger partial charge is 0.191 e. The molecule has 1 heterocycles. The zero-order valence-electron chi connectivity index (χ0n) is 10.3. The Morgan fingerprint density at radius 3 is 2.31 bits per heavy atom. The van der Waals surface area contributed by atoms with Crippen LogP contribution in [0.25, 0.3) is 0 Å². The fourth-order valence-corrected chi connectivity index (χ4v) is 2.07. The highest BCUT2D eigenvalue weighted by Gasteiger charge is 2.12. The minimum absolute atomic E-state index is 0.169. The summed E-state index contributed by atoms with van der Waals surface area (Å²) in [5.41, 5.74) is 0. The molecule has 0 spiro atoms. The molecule has 1 rings (SSSR count). The number of ether oxygens (including phenoxy) is 2. The molecule has 0 aliphatic rings. The molecule has 5 nitrogen and oxygen atoms in total. The Labute approximate surface area is 101 Å². The third-order valence-electron chi connectivity index (χ3n) is 2.11. The van der Waals surface area contributed by atoms with Crippen LogP contribution < -0.4 is 0 Å². The third kappa shape index (κ3) is 3.77. The molecule has 0 radical (unpaired) electrons. The van der Waals surface area contributed by atoms with E-state index in [-0.39, 0.29) is 6.29 Å². The minimum Gasteiger partial charge on any atom is -0.352 e. The Bertz CT molecular complexity index is 311. The second kappa shape index (κ2) is 6.88. The number of hydrogen-bond donors (Lipinski definition) is 0. The van der Waals surface area contributed by atoms with Gasteiger partial charge in [-0.15, -0.1) is 10.2 Å². The molecule has 6 heteroatoms. The van der Waals surface area contributed by atoms with E-state index in [0.717, 1.165) is 16.7 Å². The van der Waals surface area contributed by atoms with Crippen molar-refractivity contribution in [1.29, 1.82) is 0 Å². The molecule has 92 valence electrons. The van der Waals surface area contributed by atoms with Gasteiger partial charge in [0, 0.05) is 20.3 Å². The Hall–Kier alpha value is -0.590. The van der Waals surface area contributed by atoms with Gasteiger partial charge in [0.1, 0.15) is 5.82 Å². The number of aryl methyl sites for hydroxylation is 1. The van der Waals surface area contributed by atoms with Crippen molar-refractivity contribution in [3.63, 3.8) is 0 Å². The lowest BCUT2D eigenvalue weighted by molar-refractivity contribution is -0.120. The Balaban J connectivity index is 2.45. The third-order valence-corrected chi connectivity index (χ3v) is 3.16. The lowest BCUT2D eigenvalue weighted by Gasteiger charge is -2.15.